The van der Waals surface area contributed by atoms with Crippen LogP contribution in [0.2, 0.25) is 0 Å². The summed E-state index contributed by atoms with van der Waals surface area (Å²) in [6.45, 7) is 0. The monoisotopic (exact) mass is 376 g/mol. The Kier molecular flexibility index (Phi) is 5.17. The maximum Gasteiger partial charge on any atom is 0.271 e. The van der Waals surface area contributed by atoms with E-state index in [0.29, 0.717) is 0 Å². The normalized spacial score (nSPS) is 9.44. The summed E-state index contributed by atoms with van der Waals surface area (Å²) >= 11 is 6.29. The Morgan fingerprint density at radius 2 is 1.17 bits per heavy atom. The van der Waals surface area contributed by atoms with E-state index in [1.165, 1.54) is 0 Å². The molecule has 0 amide bonds. The summed E-state index contributed by atoms with van der Waals surface area (Å²) in [7, 11) is 0. The number of H-pyrrole nitrogens is 2. The third kappa shape index (κ3) is 4.38. The van der Waals surface area contributed by atoms with Crippen LogP contribution in [-0.2, 0) is 0 Å². The summed E-state index contributed by atoms with van der Waals surface area (Å²) in [6.07, 6.45) is 3.08. The summed E-state index contributed by atoms with van der Waals surface area (Å²) in [4.78, 5) is 26.0. The van der Waals surface area contributed by atoms with Crippen molar-refractivity contribution in [2.45, 2.75) is 0 Å². The van der Waals surface area contributed by atoms with Crippen LogP contribution in [0.25, 0.3) is 0 Å². The molecule has 18 heavy (non-hydrogen) atoms. The number of rotatable bonds is 0. The smallest absolute Gasteiger partial charge is 0.271 e. The topological polar surface area (TPSA) is 118 Å². The first kappa shape index (κ1) is 14.5. The SMILES string of the molecule is Nc1cc(Br)c[nH]c1=O.Nc1cc(Br)c[nH]c1=O. The number of anilines is 2. The molecule has 0 saturated heterocycles. The minimum absolute atomic E-state index is 0.226. The van der Waals surface area contributed by atoms with Crippen molar-refractivity contribution in [1.82, 2.24) is 9.97 Å². The van der Waals surface area contributed by atoms with Crippen molar-refractivity contribution in [1.29, 1.82) is 0 Å². The average Bonchev–Trinajstić information content (AvgIpc) is 2.30. The maximum absolute atomic E-state index is 10.6. The first-order valence-electron chi connectivity index (χ1n) is 4.67. The molecular formula is C10H10Br2N4O2. The van der Waals surface area contributed by atoms with Crippen molar-refractivity contribution in [3.05, 3.63) is 54.2 Å². The summed E-state index contributed by atoms with van der Waals surface area (Å²) in [6, 6.07) is 3.11. The number of aromatic nitrogens is 2. The van der Waals surface area contributed by atoms with Crippen LogP contribution in [0.5, 0.6) is 0 Å². The van der Waals surface area contributed by atoms with Crippen LogP contribution in [0.4, 0.5) is 11.4 Å². The third-order valence-electron chi connectivity index (χ3n) is 1.79. The highest BCUT2D eigenvalue weighted by atomic mass is 79.9. The predicted molar refractivity (Wildman–Crippen MR) is 78.4 cm³/mol. The van der Waals surface area contributed by atoms with Crippen molar-refractivity contribution in [3.63, 3.8) is 0 Å². The molecule has 0 aliphatic heterocycles. The van der Waals surface area contributed by atoms with Gasteiger partial charge in [-0.05, 0) is 44.0 Å². The molecule has 2 aromatic rings. The molecule has 96 valence electrons. The number of hydrogen-bond acceptors (Lipinski definition) is 4. The van der Waals surface area contributed by atoms with Gasteiger partial charge in [0, 0.05) is 21.3 Å². The van der Waals surface area contributed by atoms with E-state index in [1.807, 2.05) is 0 Å². The summed E-state index contributed by atoms with van der Waals surface area (Å²) < 4.78 is 1.55. The second kappa shape index (κ2) is 6.41. The zero-order chi connectivity index (χ0) is 13.7. The summed E-state index contributed by atoms with van der Waals surface area (Å²) in [5, 5.41) is 0. The molecule has 2 aromatic heterocycles. The largest absolute Gasteiger partial charge is 0.394 e. The third-order valence-corrected chi connectivity index (χ3v) is 2.71. The fourth-order valence-corrected chi connectivity index (χ4v) is 1.67. The standard InChI is InChI=1S/2C5H5BrN2O/c2*6-3-1-4(7)5(9)8-2-3/h2*1-2H,7H2,(H,8,9). The maximum atomic E-state index is 10.6. The van der Waals surface area contributed by atoms with Crippen molar-refractivity contribution in [2.75, 3.05) is 11.5 Å². The van der Waals surface area contributed by atoms with E-state index < -0.39 is 0 Å². The first-order valence-corrected chi connectivity index (χ1v) is 6.26. The highest BCUT2D eigenvalue weighted by Crippen LogP contribution is 2.07. The Morgan fingerprint density at radius 1 is 0.833 bits per heavy atom. The van der Waals surface area contributed by atoms with Crippen LogP contribution >= 0.6 is 31.9 Å². The number of pyridine rings is 2. The number of aromatic amines is 2. The van der Waals surface area contributed by atoms with Crippen LogP contribution < -0.4 is 22.6 Å². The van der Waals surface area contributed by atoms with Gasteiger partial charge in [-0.25, -0.2) is 0 Å². The lowest BCUT2D eigenvalue weighted by molar-refractivity contribution is 1.23. The van der Waals surface area contributed by atoms with E-state index in [9.17, 15) is 9.59 Å². The van der Waals surface area contributed by atoms with Crippen molar-refractivity contribution in [3.8, 4) is 0 Å². The molecule has 0 atom stereocenters. The first-order chi connectivity index (χ1) is 8.40. The lowest BCUT2D eigenvalue weighted by Crippen LogP contribution is -2.09. The lowest BCUT2D eigenvalue weighted by atomic mass is 10.4. The van der Waals surface area contributed by atoms with Crippen LogP contribution in [0.1, 0.15) is 0 Å². The zero-order valence-electron chi connectivity index (χ0n) is 9.04. The number of nitrogens with one attached hydrogen (secondary N) is 2. The van der Waals surface area contributed by atoms with Gasteiger partial charge >= 0.3 is 0 Å². The van der Waals surface area contributed by atoms with Crippen molar-refractivity contribution >= 4 is 43.2 Å². The number of halogens is 2. The second-order valence-electron chi connectivity index (χ2n) is 3.20. The molecule has 0 radical (unpaired) electrons. The zero-order valence-corrected chi connectivity index (χ0v) is 12.2. The molecule has 0 bridgehead atoms. The van der Waals surface area contributed by atoms with Gasteiger partial charge in [0.15, 0.2) is 0 Å². The molecule has 8 heteroatoms. The second-order valence-corrected chi connectivity index (χ2v) is 5.04. The molecule has 2 heterocycles. The van der Waals surface area contributed by atoms with Crippen molar-refractivity contribution < 1.29 is 0 Å². The molecule has 0 aromatic carbocycles. The predicted octanol–water partition coefficient (Wildman–Crippen LogP) is 1.44. The van der Waals surface area contributed by atoms with Crippen LogP contribution in [0.3, 0.4) is 0 Å². The van der Waals surface area contributed by atoms with Gasteiger partial charge in [-0.15, -0.1) is 0 Å². The molecule has 0 saturated carbocycles. The minimum Gasteiger partial charge on any atom is -0.394 e. The van der Waals surface area contributed by atoms with Crippen LogP contribution in [0.15, 0.2) is 43.1 Å². The van der Waals surface area contributed by atoms with Gasteiger partial charge in [-0.3, -0.25) is 9.59 Å². The molecule has 0 aliphatic rings. The van der Waals surface area contributed by atoms with E-state index in [2.05, 4.69) is 41.8 Å². The van der Waals surface area contributed by atoms with E-state index in [4.69, 9.17) is 11.5 Å². The molecule has 6 N–H and O–H groups in total. The van der Waals surface area contributed by atoms with E-state index in [-0.39, 0.29) is 22.5 Å². The number of nitrogen functional groups attached to an aromatic ring is 2. The Hall–Kier alpha value is -1.54. The lowest BCUT2D eigenvalue weighted by Gasteiger charge is -1.89. The van der Waals surface area contributed by atoms with Gasteiger partial charge in [-0.1, -0.05) is 0 Å². The van der Waals surface area contributed by atoms with Gasteiger partial charge in [0.25, 0.3) is 11.1 Å². The molecular weight excluding hydrogens is 368 g/mol. The quantitative estimate of drug-likeness (QED) is 0.555. The molecule has 0 fully saturated rings. The Labute approximate surface area is 119 Å². The van der Waals surface area contributed by atoms with Crippen LogP contribution in [-0.4, -0.2) is 9.97 Å². The fourth-order valence-electron chi connectivity index (χ4n) is 0.947. The molecule has 0 spiro atoms. The Bertz CT molecular complexity index is 593. The van der Waals surface area contributed by atoms with Crippen molar-refractivity contribution in [2.24, 2.45) is 0 Å². The summed E-state index contributed by atoms with van der Waals surface area (Å²) in [5.74, 6) is 0. The number of nitrogens with two attached hydrogens (primary N) is 2. The molecule has 6 nitrogen and oxygen atoms in total. The van der Waals surface area contributed by atoms with Gasteiger partial charge < -0.3 is 21.4 Å². The molecule has 0 unspecified atom stereocenters. The summed E-state index contributed by atoms with van der Waals surface area (Å²) in [5.41, 5.74) is 10.4. The van der Waals surface area contributed by atoms with E-state index in [1.54, 1.807) is 24.5 Å². The van der Waals surface area contributed by atoms with Gasteiger partial charge in [-0.2, -0.15) is 0 Å². The average molecular weight is 378 g/mol. The molecule has 0 aliphatic carbocycles. The van der Waals surface area contributed by atoms with Gasteiger partial charge in [0.05, 0.1) is 11.4 Å². The highest BCUT2D eigenvalue weighted by molar-refractivity contribution is 9.10. The highest BCUT2D eigenvalue weighted by Gasteiger charge is 1.92. The fraction of sp³-hybridized carbons (Fsp3) is 0. The Balaban J connectivity index is 0.000000180. The van der Waals surface area contributed by atoms with Crippen LogP contribution in [0, 0.1) is 0 Å². The van der Waals surface area contributed by atoms with E-state index >= 15 is 0 Å². The Morgan fingerprint density at radius 3 is 1.39 bits per heavy atom. The number of hydrogen-bond donors (Lipinski definition) is 4. The minimum atomic E-state index is -0.252. The molecule has 2 rings (SSSR count). The van der Waals surface area contributed by atoms with E-state index in [0.717, 1.165) is 8.95 Å². The van der Waals surface area contributed by atoms with Gasteiger partial charge in [0.1, 0.15) is 0 Å². The van der Waals surface area contributed by atoms with Gasteiger partial charge in [0.2, 0.25) is 0 Å².